The summed E-state index contributed by atoms with van der Waals surface area (Å²) in [5.74, 6) is -0.580. The van der Waals surface area contributed by atoms with Crippen molar-refractivity contribution in [3.05, 3.63) is 118 Å². The maximum atomic E-state index is 13.6. The molecule has 4 rings (SSSR count). The third-order valence-corrected chi connectivity index (χ3v) is 6.10. The van der Waals surface area contributed by atoms with E-state index in [-0.39, 0.29) is 6.54 Å². The summed E-state index contributed by atoms with van der Waals surface area (Å²) in [7, 11) is 1.27. The molecular weight excluding hydrogens is 486 g/mol. The highest BCUT2D eigenvalue weighted by molar-refractivity contribution is 5.96. The number of esters is 1. The van der Waals surface area contributed by atoms with E-state index in [4.69, 9.17) is 9.73 Å². The molecule has 0 saturated heterocycles. The van der Waals surface area contributed by atoms with Gasteiger partial charge >= 0.3 is 12.1 Å². The number of halogens is 4. The Hall–Kier alpha value is -4.14. The zero-order valence-corrected chi connectivity index (χ0v) is 20.2. The fourth-order valence-electron chi connectivity index (χ4n) is 4.13. The number of hydrogen-bond acceptors (Lipinski definition) is 3. The molecule has 1 unspecified atom stereocenters. The van der Waals surface area contributed by atoms with Crippen LogP contribution in [0.3, 0.4) is 0 Å². The summed E-state index contributed by atoms with van der Waals surface area (Å²) in [6.07, 6.45) is -4.44. The van der Waals surface area contributed by atoms with Crippen LogP contribution in [0.2, 0.25) is 0 Å². The van der Waals surface area contributed by atoms with Crippen molar-refractivity contribution in [2.75, 3.05) is 7.11 Å². The molecule has 5 nitrogen and oxygen atoms in total. The molecule has 0 spiro atoms. The molecule has 0 radical (unpaired) electrons. The topological polar surface area (TPSA) is 53.9 Å². The van der Waals surface area contributed by atoms with E-state index in [1.54, 1.807) is 24.0 Å². The monoisotopic (exact) mass is 511 g/mol. The normalized spacial score (nSPS) is 17.1. The first-order valence-electron chi connectivity index (χ1n) is 11.5. The molecule has 0 amide bonds. The van der Waals surface area contributed by atoms with Gasteiger partial charge in [0.2, 0.25) is 0 Å². The number of nitrogens with one attached hydrogen (secondary N) is 1. The van der Waals surface area contributed by atoms with E-state index in [1.165, 1.54) is 31.4 Å². The number of ether oxygens (including phenoxy) is 1. The lowest BCUT2D eigenvalue weighted by Gasteiger charge is -2.38. The van der Waals surface area contributed by atoms with Gasteiger partial charge in [0.15, 0.2) is 5.96 Å². The van der Waals surface area contributed by atoms with Gasteiger partial charge in [-0.1, -0.05) is 54.6 Å². The van der Waals surface area contributed by atoms with Crippen LogP contribution in [-0.2, 0) is 28.8 Å². The molecule has 1 atom stereocenters. The van der Waals surface area contributed by atoms with Crippen LogP contribution in [0, 0.1) is 5.82 Å². The maximum absolute atomic E-state index is 13.6. The van der Waals surface area contributed by atoms with E-state index in [0.717, 1.165) is 17.7 Å². The Balaban J connectivity index is 1.77. The number of guanidine groups is 1. The lowest BCUT2D eigenvalue weighted by molar-refractivity contribution is -0.138. The van der Waals surface area contributed by atoms with Crippen molar-refractivity contribution in [1.82, 2.24) is 10.2 Å². The predicted molar refractivity (Wildman–Crippen MR) is 132 cm³/mol. The number of carbonyl (C=O) groups is 1. The maximum Gasteiger partial charge on any atom is 0.416 e. The summed E-state index contributed by atoms with van der Waals surface area (Å²) >= 11 is 0. The van der Waals surface area contributed by atoms with E-state index in [9.17, 15) is 22.4 Å². The second kappa shape index (κ2) is 10.9. The second-order valence-electron chi connectivity index (χ2n) is 8.53. The minimum absolute atomic E-state index is 0.154. The third kappa shape index (κ3) is 5.99. The Labute approximate surface area is 212 Å². The Morgan fingerprint density at radius 1 is 0.973 bits per heavy atom. The average molecular weight is 512 g/mol. The van der Waals surface area contributed by atoms with Crippen molar-refractivity contribution in [1.29, 1.82) is 0 Å². The van der Waals surface area contributed by atoms with Crippen molar-refractivity contribution in [2.45, 2.75) is 32.2 Å². The van der Waals surface area contributed by atoms with Crippen molar-refractivity contribution in [3.8, 4) is 0 Å². The number of methoxy groups -OCH3 is 1. The number of allylic oxidation sites excluding steroid dienone is 1. The van der Waals surface area contributed by atoms with Crippen LogP contribution in [0.5, 0.6) is 0 Å². The highest BCUT2D eigenvalue weighted by Crippen LogP contribution is 2.33. The summed E-state index contributed by atoms with van der Waals surface area (Å²) in [5.41, 5.74) is 2.23. The summed E-state index contributed by atoms with van der Waals surface area (Å²) in [5, 5.41) is 3.28. The number of benzene rings is 3. The summed E-state index contributed by atoms with van der Waals surface area (Å²) in [4.78, 5) is 19.4. The van der Waals surface area contributed by atoms with E-state index < -0.39 is 29.6 Å². The van der Waals surface area contributed by atoms with Gasteiger partial charge in [0.05, 0.1) is 37.4 Å². The van der Waals surface area contributed by atoms with E-state index in [0.29, 0.717) is 34.9 Å². The largest absolute Gasteiger partial charge is 0.466 e. The Bertz CT molecular complexity index is 1300. The molecule has 192 valence electrons. The highest BCUT2D eigenvalue weighted by atomic mass is 19.4. The smallest absolute Gasteiger partial charge is 0.416 e. The van der Waals surface area contributed by atoms with Gasteiger partial charge in [0.25, 0.3) is 0 Å². The molecule has 1 heterocycles. The van der Waals surface area contributed by atoms with Gasteiger partial charge in [-0.25, -0.2) is 14.2 Å². The first-order valence-corrected chi connectivity index (χ1v) is 11.5. The molecule has 0 aromatic heterocycles. The molecule has 3 aromatic rings. The van der Waals surface area contributed by atoms with E-state index in [1.807, 2.05) is 30.3 Å². The molecule has 1 aliphatic heterocycles. The molecule has 0 aliphatic carbocycles. The molecule has 0 fully saturated rings. The SMILES string of the molecule is COC(=O)C1=C(C)N(Cc2ccc(C(F)(F)F)cc2)C(=NCc2ccccc2)NC1c1ccc(F)cc1. The molecular formula is C28H25F4N3O2. The van der Waals surface area contributed by atoms with Crippen LogP contribution in [0.4, 0.5) is 17.6 Å². The fourth-order valence-corrected chi connectivity index (χ4v) is 4.13. The Morgan fingerprint density at radius 2 is 1.62 bits per heavy atom. The van der Waals surface area contributed by atoms with Crippen molar-refractivity contribution >= 4 is 11.9 Å². The van der Waals surface area contributed by atoms with Gasteiger partial charge in [-0.15, -0.1) is 0 Å². The predicted octanol–water partition coefficient (Wildman–Crippen LogP) is 5.99. The zero-order valence-electron chi connectivity index (χ0n) is 20.2. The van der Waals surface area contributed by atoms with Gasteiger partial charge in [-0.2, -0.15) is 13.2 Å². The third-order valence-electron chi connectivity index (χ3n) is 6.10. The molecule has 0 bridgehead atoms. The summed E-state index contributed by atoms with van der Waals surface area (Å²) in [6.45, 7) is 2.20. The molecule has 1 N–H and O–H groups in total. The zero-order chi connectivity index (χ0) is 26.6. The van der Waals surface area contributed by atoms with Gasteiger partial charge in [0.1, 0.15) is 5.82 Å². The lowest BCUT2D eigenvalue weighted by Crippen LogP contribution is -2.48. The Kier molecular flexibility index (Phi) is 7.61. The van der Waals surface area contributed by atoms with E-state index >= 15 is 0 Å². The van der Waals surface area contributed by atoms with Crippen LogP contribution >= 0.6 is 0 Å². The minimum Gasteiger partial charge on any atom is -0.466 e. The van der Waals surface area contributed by atoms with Crippen molar-refractivity contribution in [3.63, 3.8) is 0 Å². The quantitative estimate of drug-likeness (QED) is 0.326. The number of carbonyl (C=O) groups excluding carboxylic acids is 1. The van der Waals surface area contributed by atoms with Crippen LogP contribution in [0.1, 0.15) is 35.2 Å². The van der Waals surface area contributed by atoms with Crippen molar-refractivity contribution in [2.24, 2.45) is 4.99 Å². The fraction of sp³-hybridized carbons (Fsp3) is 0.214. The molecule has 0 saturated carbocycles. The molecule has 3 aromatic carbocycles. The van der Waals surface area contributed by atoms with Crippen molar-refractivity contribution < 1.29 is 27.1 Å². The molecule has 1 aliphatic rings. The van der Waals surface area contributed by atoms with Gasteiger partial charge < -0.3 is 15.0 Å². The molecule has 37 heavy (non-hydrogen) atoms. The number of hydrogen-bond donors (Lipinski definition) is 1. The highest BCUT2D eigenvalue weighted by Gasteiger charge is 2.35. The lowest BCUT2D eigenvalue weighted by atomic mass is 9.94. The van der Waals surface area contributed by atoms with E-state index in [2.05, 4.69) is 5.32 Å². The van der Waals surface area contributed by atoms with Crippen LogP contribution in [0.25, 0.3) is 0 Å². The number of rotatable bonds is 6. The van der Waals surface area contributed by atoms with Gasteiger partial charge in [-0.05, 0) is 47.9 Å². The number of nitrogens with zero attached hydrogens (tertiary/aromatic N) is 2. The summed E-state index contributed by atoms with van der Waals surface area (Å²) < 4.78 is 57.8. The summed E-state index contributed by atoms with van der Waals surface area (Å²) in [6, 6.07) is 19.4. The van der Waals surface area contributed by atoms with Crippen LogP contribution in [0.15, 0.2) is 95.1 Å². The first kappa shape index (κ1) is 25.9. The number of alkyl halides is 3. The average Bonchev–Trinajstić information content (AvgIpc) is 2.89. The van der Waals surface area contributed by atoms with Crippen LogP contribution in [-0.4, -0.2) is 23.9 Å². The second-order valence-corrected chi connectivity index (χ2v) is 8.53. The standard InChI is InChI=1S/C28H25F4N3O2/c1-18-24(26(36)37-2)25(21-10-14-23(29)15-11-21)34-27(33-16-19-6-4-3-5-7-19)35(18)17-20-8-12-22(13-9-20)28(30,31)32/h3-15,25H,16-17H2,1-2H3,(H,33,34). The van der Waals surface area contributed by atoms with Crippen LogP contribution < -0.4 is 5.32 Å². The van der Waals surface area contributed by atoms with Gasteiger partial charge in [0, 0.05) is 5.70 Å². The Morgan fingerprint density at radius 3 is 2.22 bits per heavy atom. The number of aliphatic imine (C=N–C) groups is 1. The molecule has 9 heteroatoms. The first-order chi connectivity index (χ1) is 17.7. The van der Waals surface area contributed by atoms with Gasteiger partial charge in [-0.3, -0.25) is 0 Å². The minimum atomic E-state index is -4.44.